The Labute approximate surface area is 465 Å². The molecule has 1 atom stereocenters. The van der Waals surface area contributed by atoms with Crippen LogP contribution in [0.3, 0.4) is 0 Å². The van der Waals surface area contributed by atoms with Crippen molar-refractivity contribution in [2.45, 2.75) is 226 Å². The zero-order valence-corrected chi connectivity index (χ0v) is 48.2. The van der Waals surface area contributed by atoms with Crippen molar-refractivity contribution in [3.05, 3.63) is 182 Å². The fourth-order valence-corrected chi connectivity index (χ4v) is 7.26. The van der Waals surface area contributed by atoms with Crippen molar-refractivity contribution in [2.24, 2.45) is 0 Å². The monoisotopic (exact) mass is 1040 g/mol. The molecule has 0 heterocycles. The lowest BCUT2D eigenvalue weighted by molar-refractivity contribution is -0.166. The Kier molecular flexibility index (Phi) is 57.6. The summed E-state index contributed by atoms with van der Waals surface area (Å²) in [5, 5.41) is 0. The van der Waals surface area contributed by atoms with Gasteiger partial charge in [-0.05, 0) is 141 Å². The Morgan fingerprint density at radius 1 is 0.289 bits per heavy atom. The second-order valence-electron chi connectivity index (χ2n) is 18.8. The van der Waals surface area contributed by atoms with Crippen LogP contribution in [0.1, 0.15) is 220 Å². The van der Waals surface area contributed by atoms with E-state index in [4.69, 9.17) is 14.2 Å². The van der Waals surface area contributed by atoms with Crippen LogP contribution in [0, 0.1) is 0 Å². The second kappa shape index (κ2) is 62.1. The number of carbonyl (C=O) groups is 3. The van der Waals surface area contributed by atoms with E-state index in [0.29, 0.717) is 6.42 Å². The van der Waals surface area contributed by atoms with Crippen LogP contribution in [0.15, 0.2) is 182 Å². The van der Waals surface area contributed by atoms with Gasteiger partial charge in [0.2, 0.25) is 0 Å². The summed E-state index contributed by atoms with van der Waals surface area (Å²) in [5.74, 6) is -1.14. The lowest BCUT2D eigenvalue weighted by atomic mass is 10.1. The van der Waals surface area contributed by atoms with Gasteiger partial charge in [0, 0.05) is 12.8 Å². The van der Waals surface area contributed by atoms with Crippen molar-refractivity contribution in [1.82, 2.24) is 0 Å². The van der Waals surface area contributed by atoms with Gasteiger partial charge in [-0.15, -0.1) is 0 Å². The molecule has 0 fully saturated rings. The van der Waals surface area contributed by atoms with E-state index in [1.165, 1.54) is 32.1 Å². The van der Waals surface area contributed by atoms with Crippen LogP contribution in [-0.2, 0) is 28.6 Å². The number of ether oxygens (including phenoxy) is 3. The molecule has 1 unspecified atom stereocenters. The molecule has 0 N–H and O–H groups in total. The van der Waals surface area contributed by atoms with E-state index < -0.39 is 12.1 Å². The van der Waals surface area contributed by atoms with E-state index in [9.17, 15) is 14.4 Å². The molecule has 0 saturated carbocycles. The number of carbonyl (C=O) groups excluding carboxylic acids is 3. The molecule has 0 radical (unpaired) electrons. The normalized spacial score (nSPS) is 13.5. The van der Waals surface area contributed by atoms with Crippen molar-refractivity contribution >= 4 is 17.9 Å². The number of esters is 3. The molecule has 0 spiro atoms. The summed E-state index contributed by atoms with van der Waals surface area (Å²) in [6, 6.07) is 0. The molecule has 76 heavy (non-hydrogen) atoms. The Morgan fingerprint density at radius 3 is 0.947 bits per heavy atom. The first-order valence-corrected chi connectivity index (χ1v) is 29.8. The molecule has 0 aromatic carbocycles. The third-order valence-corrected chi connectivity index (χ3v) is 11.7. The van der Waals surface area contributed by atoms with Gasteiger partial charge in [-0.2, -0.15) is 0 Å². The first kappa shape index (κ1) is 70.5. The van der Waals surface area contributed by atoms with Crippen LogP contribution in [0.2, 0.25) is 0 Å². The fraction of sp³-hybridized carbons (Fsp3) is 0.529. The highest BCUT2D eigenvalue weighted by Crippen LogP contribution is 2.12. The third kappa shape index (κ3) is 59.4. The van der Waals surface area contributed by atoms with Gasteiger partial charge in [0.15, 0.2) is 6.10 Å². The van der Waals surface area contributed by atoms with Gasteiger partial charge in [-0.3, -0.25) is 14.4 Å². The molecule has 0 rings (SSSR count). The third-order valence-electron chi connectivity index (χ3n) is 11.7. The molecule has 0 saturated heterocycles. The second-order valence-corrected chi connectivity index (χ2v) is 18.8. The Hall–Kier alpha value is -5.49. The van der Waals surface area contributed by atoms with Gasteiger partial charge in [0.1, 0.15) is 13.2 Å². The average molecular weight is 1040 g/mol. The van der Waals surface area contributed by atoms with Crippen LogP contribution in [-0.4, -0.2) is 37.2 Å². The van der Waals surface area contributed by atoms with Crippen molar-refractivity contribution in [1.29, 1.82) is 0 Å². The minimum atomic E-state index is -0.855. The number of hydrogen-bond donors (Lipinski definition) is 0. The summed E-state index contributed by atoms with van der Waals surface area (Å²) in [6.07, 6.45) is 93.4. The van der Waals surface area contributed by atoms with Gasteiger partial charge >= 0.3 is 17.9 Å². The summed E-state index contributed by atoms with van der Waals surface area (Å²) in [5.41, 5.74) is 0. The molecule has 6 heteroatoms. The zero-order valence-electron chi connectivity index (χ0n) is 48.2. The number of unbranched alkanes of at least 4 members (excludes halogenated alkanes) is 11. The molecule has 0 aliphatic rings. The standard InChI is InChI=1S/C70H106O6/c1-4-7-10-13-16-19-22-25-28-30-31-32-33-34-35-36-37-38-39-40-43-45-48-51-54-57-60-63-69(72)75-66-67(65-74-68(71)62-59-56-53-50-47-44-41-27-24-21-18-15-12-9-6-3)76-70(73)64-61-58-55-52-49-46-42-29-26-23-20-17-14-11-8-5-2/h7,9-10,12,16,18-21,23,25,27-29,31-32,34-35,37-38,40-43,47-48,50-51,56,59,67H,4-6,8,11,13-15,17,22,24,26,30,33,36,39,44-46,49,52-55,57-58,60-66H2,1-3H3/b10-7-,12-9-,19-16-,21-18-,23-20-,28-25-,32-31-,35-34-,38-37-,41-27-,42-29-,43-40-,50-47-,51-48-,59-56-. The van der Waals surface area contributed by atoms with Gasteiger partial charge in [0.05, 0.1) is 6.42 Å². The topological polar surface area (TPSA) is 78.9 Å². The Bertz CT molecular complexity index is 1820. The molecule has 0 aromatic heterocycles. The van der Waals surface area contributed by atoms with Crippen molar-refractivity contribution in [3.63, 3.8) is 0 Å². The Morgan fingerprint density at radius 2 is 0.566 bits per heavy atom. The lowest BCUT2D eigenvalue weighted by Gasteiger charge is -2.18. The van der Waals surface area contributed by atoms with Crippen LogP contribution in [0.5, 0.6) is 0 Å². The van der Waals surface area contributed by atoms with E-state index in [2.05, 4.69) is 191 Å². The van der Waals surface area contributed by atoms with Crippen LogP contribution >= 0.6 is 0 Å². The van der Waals surface area contributed by atoms with Crippen molar-refractivity contribution in [3.8, 4) is 0 Å². The Balaban J connectivity index is 4.58. The molecule has 0 aromatic rings. The molecule has 422 valence electrons. The first-order chi connectivity index (χ1) is 37.5. The highest BCUT2D eigenvalue weighted by molar-refractivity contribution is 5.72. The van der Waals surface area contributed by atoms with Crippen molar-refractivity contribution in [2.75, 3.05) is 13.2 Å². The van der Waals surface area contributed by atoms with Crippen LogP contribution < -0.4 is 0 Å². The van der Waals surface area contributed by atoms with Gasteiger partial charge in [0.25, 0.3) is 0 Å². The van der Waals surface area contributed by atoms with Crippen LogP contribution in [0.25, 0.3) is 0 Å². The van der Waals surface area contributed by atoms with E-state index in [1.807, 2.05) is 6.08 Å². The van der Waals surface area contributed by atoms with E-state index >= 15 is 0 Å². The van der Waals surface area contributed by atoms with Crippen LogP contribution in [0.4, 0.5) is 0 Å². The van der Waals surface area contributed by atoms with E-state index in [1.54, 1.807) is 6.08 Å². The minimum Gasteiger partial charge on any atom is -0.462 e. The summed E-state index contributed by atoms with van der Waals surface area (Å²) in [4.78, 5) is 38.1. The maximum atomic E-state index is 12.9. The highest BCUT2D eigenvalue weighted by Gasteiger charge is 2.19. The SMILES string of the molecule is CC/C=C\C/C=C\C/C=C\C/C=C\C/C=C\C/C=C\C/C=C\C/C=C\CCCCC(=O)OCC(COC(=O)C/C=C\C/C=C\C/C=C\C/C=C\C/C=C\CC)OC(=O)CCCCCCC/C=C\C/C=C\CCCCCC. The molecule has 6 nitrogen and oxygen atoms in total. The zero-order chi connectivity index (χ0) is 55.0. The predicted octanol–water partition coefficient (Wildman–Crippen LogP) is 20.5. The van der Waals surface area contributed by atoms with Gasteiger partial charge in [-0.25, -0.2) is 0 Å². The molecule has 0 aliphatic heterocycles. The average Bonchev–Trinajstić information content (AvgIpc) is 3.42. The summed E-state index contributed by atoms with van der Waals surface area (Å²) >= 11 is 0. The van der Waals surface area contributed by atoms with Gasteiger partial charge < -0.3 is 14.2 Å². The number of hydrogen-bond acceptors (Lipinski definition) is 6. The maximum Gasteiger partial charge on any atom is 0.309 e. The maximum absolute atomic E-state index is 12.9. The van der Waals surface area contributed by atoms with E-state index in [0.717, 1.165) is 141 Å². The molecule has 0 aliphatic carbocycles. The quantitative estimate of drug-likeness (QED) is 0.0261. The summed E-state index contributed by atoms with van der Waals surface area (Å²) in [6.45, 7) is 6.23. The summed E-state index contributed by atoms with van der Waals surface area (Å²) in [7, 11) is 0. The predicted molar refractivity (Wildman–Crippen MR) is 329 cm³/mol. The van der Waals surface area contributed by atoms with Gasteiger partial charge in [-0.1, -0.05) is 242 Å². The number of rotatable bonds is 51. The molecule has 0 bridgehead atoms. The molecular weight excluding hydrogens is 937 g/mol. The molecular formula is C70H106O6. The number of allylic oxidation sites excluding steroid dienone is 29. The highest BCUT2D eigenvalue weighted by atomic mass is 16.6. The fourth-order valence-electron chi connectivity index (χ4n) is 7.26. The minimum absolute atomic E-state index is 0.106. The lowest BCUT2D eigenvalue weighted by Crippen LogP contribution is -2.30. The first-order valence-electron chi connectivity index (χ1n) is 29.8. The summed E-state index contributed by atoms with van der Waals surface area (Å²) < 4.78 is 16.7. The largest absolute Gasteiger partial charge is 0.462 e. The smallest absolute Gasteiger partial charge is 0.309 e. The van der Waals surface area contributed by atoms with E-state index in [-0.39, 0.29) is 44.4 Å². The van der Waals surface area contributed by atoms with Crippen molar-refractivity contribution < 1.29 is 28.6 Å². The molecule has 0 amide bonds.